The quantitative estimate of drug-likeness (QED) is 0.501. The predicted octanol–water partition coefficient (Wildman–Crippen LogP) is 3.35. The van der Waals surface area contributed by atoms with Gasteiger partial charge in [-0.2, -0.15) is 0 Å². The maximum absolute atomic E-state index is 12.8. The summed E-state index contributed by atoms with van der Waals surface area (Å²) in [4.78, 5) is 32.8. The van der Waals surface area contributed by atoms with Gasteiger partial charge in [-0.15, -0.1) is 0 Å². The summed E-state index contributed by atoms with van der Waals surface area (Å²) >= 11 is 1.24. The molecule has 0 aliphatic rings. The van der Waals surface area contributed by atoms with Crippen molar-refractivity contribution < 1.29 is 9.53 Å². The summed E-state index contributed by atoms with van der Waals surface area (Å²) < 4.78 is 6.85. The first kappa shape index (κ1) is 19.0. The Labute approximate surface area is 161 Å². The molecule has 0 radical (unpaired) electrons. The minimum Gasteiger partial charge on any atom is -0.495 e. The van der Waals surface area contributed by atoms with E-state index in [4.69, 9.17) is 4.74 Å². The highest BCUT2D eigenvalue weighted by Gasteiger charge is 2.17. The number of rotatable bonds is 6. The van der Waals surface area contributed by atoms with Crippen LogP contribution in [0.2, 0.25) is 0 Å². The third kappa shape index (κ3) is 4.00. The van der Waals surface area contributed by atoms with Crippen molar-refractivity contribution in [1.82, 2.24) is 14.5 Å². The molecule has 0 unspecified atom stereocenters. The Morgan fingerprint density at radius 1 is 1.37 bits per heavy atom. The Bertz CT molecular complexity index is 1040. The molecule has 0 fully saturated rings. The normalized spacial score (nSPS) is 11.1. The summed E-state index contributed by atoms with van der Waals surface area (Å²) in [6.07, 6.45) is 0. The average molecular weight is 386 g/mol. The maximum Gasteiger partial charge on any atom is 0.278 e. The molecule has 2 heterocycles. The SMILES string of the molecule is COc1ccccc1NC(=O)CSc1nc2cc(C)[nH]c2c(=O)n1C(C)C. The zero-order valence-corrected chi connectivity index (χ0v) is 16.5. The van der Waals surface area contributed by atoms with Gasteiger partial charge in [0.25, 0.3) is 5.56 Å². The van der Waals surface area contributed by atoms with Crippen LogP contribution in [0.4, 0.5) is 5.69 Å². The first-order chi connectivity index (χ1) is 12.9. The number of aromatic nitrogens is 3. The minimum atomic E-state index is -0.195. The number of para-hydroxylation sites is 2. The number of hydrogen-bond acceptors (Lipinski definition) is 5. The van der Waals surface area contributed by atoms with Crippen molar-refractivity contribution in [3.05, 3.63) is 46.4 Å². The number of carbonyl (C=O) groups is 1. The molecule has 0 atom stereocenters. The number of ether oxygens (including phenoxy) is 1. The van der Waals surface area contributed by atoms with Gasteiger partial charge in [0.15, 0.2) is 5.16 Å². The molecule has 0 saturated heterocycles. The van der Waals surface area contributed by atoms with E-state index in [-0.39, 0.29) is 23.3 Å². The lowest BCUT2D eigenvalue weighted by Gasteiger charge is -2.15. The standard InChI is InChI=1S/C19H22N4O3S/c1-11(2)23-18(25)17-14(9-12(3)20-17)22-19(23)27-10-16(24)21-13-7-5-6-8-15(13)26-4/h5-9,11,20H,10H2,1-4H3,(H,21,24). The van der Waals surface area contributed by atoms with Gasteiger partial charge in [-0.3, -0.25) is 14.2 Å². The van der Waals surface area contributed by atoms with E-state index in [1.54, 1.807) is 23.8 Å². The lowest BCUT2D eigenvalue weighted by molar-refractivity contribution is -0.113. The maximum atomic E-state index is 12.8. The molecule has 0 spiro atoms. The molecule has 8 heteroatoms. The van der Waals surface area contributed by atoms with Crippen LogP contribution in [0.1, 0.15) is 25.6 Å². The van der Waals surface area contributed by atoms with E-state index < -0.39 is 0 Å². The fraction of sp³-hybridized carbons (Fsp3) is 0.316. The second-order valence-corrected chi connectivity index (χ2v) is 7.36. The van der Waals surface area contributed by atoms with Crippen LogP contribution < -0.4 is 15.6 Å². The van der Waals surface area contributed by atoms with Gasteiger partial charge >= 0.3 is 0 Å². The van der Waals surface area contributed by atoms with E-state index in [0.717, 1.165) is 5.69 Å². The largest absolute Gasteiger partial charge is 0.495 e. The molecule has 0 saturated carbocycles. The molecular formula is C19H22N4O3S. The second kappa shape index (κ2) is 7.87. The van der Waals surface area contributed by atoms with Crippen LogP contribution in [0, 0.1) is 6.92 Å². The number of carbonyl (C=O) groups excluding carboxylic acids is 1. The third-order valence-electron chi connectivity index (χ3n) is 4.02. The number of benzene rings is 1. The van der Waals surface area contributed by atoms with Crippen molar-refractivity contribution in [2.75, 3.05) is 18.2 Å². The summed E-state index contributed by atoms with van der Waals surface area (Å²) in [6, 6.07) is 8.98. The topological polar surface area (TPSA) is 89.0 Å². The van der Waals surface area contributed by atoms with E-state index in [0.29, 0.717) is 27.6 Å². The molecule has 27 heavy (non-hydrogen) atoms. The number of aromatic amines is 1. The Hall–Kier alpha value is -2.74. The van der Waals surface area contributed by atoms with Crippen LogP contribution in [-0.4, -0.2) is 33.3 Å². The number of nitrogens with one attached hydrogen (secondary N) is 2. The third-order valence-corrected chi connectivity index (χ3v) is 4.97. The molecule has 0 aliphatic carbocycles. The molecular weight excluding hydrogens is 364 g/mol. The molecule has 3 rings (SSSR count). The molecule has 1 aromatic carbocycles. The highest BCUT2D eigenvalue weighted by atomic mass is 32.2. The Morgan fingerprint density at radius 2 is 2.11 bits per heavy atom. The summed E-state index contributed by atoms with van der Waals surface area (Å²) in [5.74, 6) is 0.531. The van der Waals surface area contributed by atoms with Crippen LogP contribution >= 0.6 is 11.8 Å². The number of hydrogen-bond donors (Lipinski definition) is 2. The fourth-order valence-corrected chi connectivity index (χ4v) is 3.74. The molecule has 0 bridgehead atoms. The van der Waals surface area contributed by atoms with Crippen molar-refractivity contribution in [3.8, 4) is 5.75 Å². The van der Waals surface area contributed by atoms with Crippen LogP contribution in [0.15, 0.2) is 40.3 Å². The van der Waals surface area contributed by atoms with Crippen molar-refractivity contribution in [2.24, 2.45) is 0 Å². The van der Waals surface area contributed by atoms with Gasteiger partial charge < -0.3 is 15.0 Å². The zero-order valence-electron chi connectivity index (χ0n) is 15.7. The van der Waals surface area contributed by atoms with Crippen molar-refractivity contribution in [3.63, 3.8) is 0 Å². The Balaban J connectivity index is 1.83. The number of H-pyrrole nitrogens is 1. The Morgan fingerprint density at radius 3 is 2.81 bits per heavy atom. The van der Waals surface area contributed by atoms with Crippen molar-refractivity contribution in [2.45, 2.75) is 32.0 Å². The van der Waals surface area contributed by atoms with E-state index in [1.807, 2.05) is 39.0 Å². The number of aryl methyl sites for hydroxylation is 1. The fourth-order valence-electron chi connectivity index (χ4n) is 2.81. The van der Waals surface area contributed by atoms with Crippen molar-refractivity contribution >= 4 is 34.4 Å². The van der Waals surface area contributed by atoms with Gasteiger partial charge in [0, 0.05) is 11.7 Å². The molecule has 3 aromatic rings. The zero-order chi connectivity index (χ0) is 19.6. The number of thioether (sulfide) groups is 1. The van der Waals surface area contributed by atoms with E-state index in [9.17, 15) is 9.59 Å². The number of methoxy groups -OCH3 is 1. The number of fused-ring (bicyclic) bond motifs is 1. The number of amides is 1. The number of anilines is 1. The van der Waals surface area contributed by atoms with Crippen LogP contribution in [-0.2, 0) is 4.79 Å². The molecule has 142 valence electrons. The first-order valence-corrected chi connectivity index (χ1v) is 9.56. The van der Waals surface area contributed by atoms with E-state index in [2.05, 4.69) is 15.3 Å². The highest BCUT2D eigenvalue weighted by Crippen LogP contribution is 2.25. The van der Waals surface area contributed by atoms with Crippen LogP contribution in [0.5, 0.6) is 5.75 Å². The van der Waals surface area contributed by atoms with Gasteiger partial charge in [-0.05, 0) is 39.0 Å². The minimum absolute atomic E-state index is 0.0715. The van der Waals surface area contributed by atoms with Crippen LogP contribution in [0.3, 0.4) is 0 Å². The van der Waals surface area contributed by atoms with E-state index in [1.165, 1.54) is 11.8 Å². The van der Waals surface area contributed by atoms with Gasteiger partial charge in [0.2, 0.25) is 5.91 Å². The first-order valence-electron chi connectivity index (χ1n) is 8.58. The lowest BCUT2D eigenvalue weighted by Crippen LogP contribution is -2.25. The second-order valence-electron chi connectivity index (χ2n) is 6.41. The monoisotopic (exact) mass is 386 g/mol. The average Bonchev–Trinajstić information content (AvgIpc) is 3.01. The predicted molar refractivity (Wildman–Crippen MR) is 108 cm³/mol. The van der Waals surface area contributed by atoms with Gasteiger partial charge in [0.05, 0.1) is 24.1 Å². The summed E-state index contributed by atoms with van der Waals surface area (Å²) in [5, 5.41) is 3.35. The molecule has 7 nitrogen and oxygen atoms in total. The lowest BCUT2D eigenvalue weighted by atomic mass is 10.3. The molecule has 2 aromatic heterocycles. The smallest absolute Gasteiger partial charge is 0.278 e. The number of nitrogens with zero attached hydrogens (tertiary/aromatic N) is 2. The summed E-state index contributed by atoms with van der Waals surface area (Å²) in [7, 11) is 1.55. The van der Waals surface area contributed by atoms with Crippen LogP contribution in [0.25, 0.3) is 11.0 Å². The summed E-state index contributed by atoms with van der Waals surface area (Å²) in [6.45, 7) is 5.72. The van der Waals surface area contributed by atoms with Gasteiger partial charge in [-0.1, -0.05) is 23.9 Å². The summed E-state index contributed by atoms with van der Waals surface area (Å²) in [5.41, 5.74) is 2.46. The molecule has 2 N–H and O–H groups in total. The van der Waals surface area contributed by atoms with Gasteiger partial charge in [-0.25, -0.2) is 4.98 Å². The molecule has 1 amide bonds. The molecule has 0 aliphatic heterocycles. The van der Waals surface area contributed by atoms with Gasteiger partial charge in [0.1, 0.15) is 11.3 Å². The van der Waals surface area contributed by atoms with E-state index >= 15 is 0 Å². The van der Waals surface area contributed by atoms with Crippen molar-refractivity contribution in [1.29, 1.82) is 0 Å². The highest BCUT2D eigenvalue weighted by molar-refractivity contribution is 7.99. The Kier molecular flexibility index (Phi) is 5.55.